The molecule has 16 heteroatoms. The second-order valence-electron chi connectivity index (χ2n) is 17.0. The lowest BCUT2D eigenvalue weighted by Crippen LogP contribution is -2.51. The van der Waals surface area contributed by atoms with E-state index >= 15 is 0 Å². The molecule has 2 aliphatic heterocycles. The Morgan fingerprint density at radius 3 is 2.41 bits per heavy atom. The Hall–Kier alpha value is -5.64. The summed E-state index contributed by atoms with van der Waals surface area (Å²) in [7, 11) is 1.72. The van der Waals surface area contributed by atoms with Crippen LogP contribution < -0.4 is 21.2 Å². The van der Waals surface area contributed by atoms with E-state index in [0.717, 1.165) is 112 Å². The molecule has 0 spiro atoms. The van der Waals surface area contributed by atoms with Gasteiger partial charge < -0.3 is 15.3 Å². The average molecular weight is 813 g/mol. The summed E-state index contributed by atoms with van der Waals surface area (Å²) in [5.41, 5.74) is 3.36. The number of phenolic OH excluding ortho intramolecular Hbond substituents is 1. The van der Waals surface area contributed by atoms with Crippen molar-refractivity contribution in [2.45, 2.75) is 75.8 Å². The third-order valence-electron chi connectivity index (χ3n) is 13.7. The minimum Gasteiger partial charge on any atom is -0.503 e. The highest BCUT2D eigenvalue weighted by atomic mass is 19.2. The number of hydrogen-bond acceptors (Lipinski definition) is 8. The molecule has 1 atom stereocenters. The minimum absolute atomic E-state index is 0.130. The first kappa shape index (κ1) is 38.9. The molecule has 0 radical (unpaired) electrons. The summed E-state index contributed by atoms with van der Waals surface area (Å²) in [6, 6.07) is 12.3. The number of anilines is 1. The monoisotopic (exact) mass is 812 g/mol. The summed E-state index contributed by atoms with van der Waals surface area (Å²) in [6.07, 6.45) is 9.58. The molecular formula is C43H47F3N8O5. The fourth-order valence-electron chi connectivity index (χ4n) is 9.94. The number of aromatic nitrogens is 4. The molecule has 3 aromatic carbocycles. The largest absolute Gasteiger partial charge is 0.503 e. The van der Waals surface area contributed by atoms with E-state index in [2.05, 4.69) is 49.5 Å². The number of rotatable bonds is 10. The molecule has 3 amide bonds. The maximum Gasteiger partial charge on any atom is 0.329 e. The van der Waals surface area contributed by atoms with Crippen LogP contribution in [-0.4, -0.2) is 85.9 Å². The number of piperazine rings is 1. The van der Waals surface area contributed by atoms with Gasteiger partial charge in [-0.25, -0.2) is 13.6 Å². The van der Waals surface area contributed by atoms with Gasteiger partial charge in [0.05, 0.1) is 27.7 Å². The molecule has 1 unspecified atom stereocenters. The SMILES string of the molecule is Cn1c(=O)n(C2CCC(=O)NC2=O)c2ccc(CCCN3CCN(c4ccc5cn([C@]67CC[C@](CNC(=O)c8cc(F)c(O)c(F)c8F)(CC6)CC7)nc5c4)CC3)cc21. The van der Waals surface area contributed by atoms with Crippen LogP contribution in [-0.2, 0) is 28.6 Å². The van der Waals surface area contributed by atoms with Crippen molar-refractivity contribution in [2.24, 2.45) is 12.5 Å². The highest BCUT2D eigenvalue weighted by Gasteiger charge is 2.50. The topological polar surface area (TPSA) is 147 Å². The number of halogens is 3. The highest BCUT2D eigenvalue weighted by molar-refractivity contribution is 6.00. The number of piperidine rings is 1. The Labute approximate surface area is 337 Å². The van der Waals surface area contributed by atoms with Gasteiger partial charge in [0.2, 0.25) is 17.6 Å². The van der Waals surface area contributed by atoms with Gasteiger partial charge in [0.15, 0.2) is 17.4 Å². The zero-order chi connectivity index (χ0) is 41.2. The second kappa shape index (κ2) is 14.9. The molecule has 3 saturated carbocycles. The minimum atomic E-state index is -1.77. The van der Waals surface area contributed by atoms with Crippen molar-refractivity contribution in [1.82, 2.24) is 34.4 Å². The third-order valence-corrected chi connectivity index (χ3v) is 13.7. The highest BCUT2D eigenvalue weighted by Crippen LogP contribution is 2.55. The molecule has 59 heavy (non-hydrogen) atoms. The van der Waals surface area contributed by atoms with E-state index in [-0.39, 0.29) is 35.5 Å². The summed E-state index contributed by atoms with van der Waals surface area (Å²) < 4.78 is 47.3. The van der Waals surface area contributed by atoms with Gasteiger partial charge >= 0.3 is 5.69 Å². The Balaban J connectivity index is 0.771. The van der Waals surface area contributed by atoms with Gasteiger partial charge in [-0.3, -0.25) is 38.4 Å². The molecule has 3 N–H and O–H groups in total. The quantitative estimate of drug-likeness (QED) is 0.132. The first-order valence-corrected chi connectivity index (χ1v) is 20.5. The predicted octanol–water partition coefficient (Wildman–Crippen LogP) is 5.02. The van der Waals surface area contributed by atoms with Crippen LogP contribution in [0.3, 0.4) is 0 Å². The molecule has 5 aliphatic rings. The normalized spacial score (nSPS) is 23.7. The van der Waals surface area contributed by atoms with Crippen LogP contribution >= 0.6 is 0 Å². The second-order valence-corrected chi connectivity index (χ2v) is 17.0. The Morgan fingerprint density at radius 1 is 0.932 bits per heavy atom. The first-order valence-electron chi connectivity index (χ1n) is 20.5. The van der Waals surface area contributed by atoms with E-state index in [1.807, 2.05) is 18.2 Å². The number of benzene rings is 3. The van der Waals surface area contributed by atoms with Crippen molar-refractivity contribution in [3.8, 4) is 5.75 Å². The van der Waals surface area contributed by atoms with Crippen molar-refractivity contribution in [1.29, 1.82) is 0 Å². The Kier molecular flexibility index (Phi) is 9.80. The third kappa shape index (κ3) is 6.94. The molecule has 2 saturated heterocycles. The van der Waals surface area contributed by atoms with Crippen molar-refractivity contribution < 1.29 is 32.7 Å². The van der Waals surface area contributed by atoms with Crippen LogP contribution in [0.25, 0.3) is 21.9 Å². The van der Waals surface area contributed by atoms with Gasteiger partial charge in [-0.2, -0.15) is 9.49 Å². The number of aromatic hydroxyl groups is 1. The zero-order valence-corrected chi connectivity index (χ0v) is 32.9. The number of carbonyl (C=O) groups is 3. The van der Waals surface area contributed by atoms with E-state index in [1.54, 1.807) is 11.6 Å². The van der Waals surface area contributed by atoms with Crippen molar-refractivity contribution >= 4 is 45.3 Å². The lowest BCUT2D eigenvalue weighted by atomic mass is 9.57. The van der Waals surface area contributed by atoms with Crippen LogP contribution in [0, 0.1) is 22.9 Å². The van der Waals surface area contributed by atoms with E-state index in [4.69, 9.17) is 5.10 Å². The molecular weight excluding hydrogens is 766 g/mol. The van der Waals surface area contributed by atoms with Gasteiger partial charge in [-0.1, -0.05) is 6.07 Å². The summed E-state index contributed by atoms with van der Waals surface area (Å²) in [4.78, 5) is 55.0. The van der Waals surface area contributed by atoms with Crippen LogP contribution in [0.1, 0.15) is 79.8 Å². The summed E-state index contributed by atoms with van der Waals surface area (Å²) in [5, 5.41) is 20.6. The van der Waals surface area contributed by atoms with E-state index in [9.17, 15) is 37.5 Å². The fraction of sp³-hybridized carbons (Fsp3) is 0.465. The number of amides is 3. The van der Waals surface area contributed by atoms with Gasteiger partial charge in [0, 0.05) is 63.5 Å². The number of nitrogens with zero attached hydrogens (tertiary/aromatic N) is 6. The number of nitrogens with one attached hydrogen (secondary N) is 2. The van der Waals surface area contributed by atoms with Gasteiger partial charge in [-0.15, -0.1) is 0 Å². The van der Waals surface area contributed by atoms with E-state index in [0.29, 0.717) is 18.0 Å². The maximum absolute atomic E-state index is 14.3. The van der Waals surface area contributed by atoms with Crippen LogP contribution in [0.4, 0.5) is 18.9 Å². The number of carbonyl (C=O) groups excluding carboxylic acids is 3. The number of imidazole rings is 1. The Bertz CT molecular complexity index is 2550. The van der Waals surface area contributed by atoms with Crippen LogP contribution in [0.15, 0.2) is 53.5 Å². The standard InChI is InChI=1S/C43H47F3N8O5/c1-50-34-21-26(4-7-32(34)54(41(50)59)33-8-9-35(55)48-40(33)58)3-2-16-51-17-19-52(20-18-51)28-6-5-27-24-53(49-31(27)22-28)43-13-10-42(11-14-43,12-15-43)25-47-39(57)29-23-30(44)38(56)37(46)36(29)45/h4-7,21-24,33,56H,2-3,8-20,25H2,1H3,(H,47,57)(H,48,55,58)/t33?,42-,43+. The fourth-order valence-corrected chi connectivity index (χ4v) is 9.94. The van der Waals surface area contributed by atoms with E-state index in [1.165, 1.54) is 4.57 Å². The lowest BCUT2D eigenvalue weighted by molar-refractivity contribution is -0.135. The summed E-state index contributed by atoms with van der Waals surface area (Å²) in [6.45, 7) is 4.92. The number of imide groups is 1. The molecule has 2 aromatic heterocycles. The summed E-state index contributed by atoms with van der Waals surface area (Å²) in [5.74, 6) is -7.82. The molecule has 2 bridgehead atoms. The predicted molar refractivity (Wildman–Crippen MR) is 214 cm³/mol. The average Bonchev–Trinajstić information content (AvgIpc) is 3.79. The number of phenols is 1. The number of aryl methyl sites for hydroxylation is 2. The molecule has 5 fully saturated rings. The molecule has 4 heterocycles. The summed E-state index contributed by atoms with van der Waals surface area (Å²) >= 11 is 0. The zero-order valence-electron chi connectivity index (χ0n) is 32.9. The van der Waals surface area contributed by atoms with Crippen LogP contribution in [0.2, 0.25) is 0 Å². The van der Waals surface area contributed by atoms with Crippen molar-refractivity contribution in [2.75, 3.05) is 44.2 Å². The lowest BCUT2D eigenvalue weighted by Gasteiger charge is -2.53. The number of hydrogen-bond donors (Lipinski definition) is 3. The molecule has 310 valence electrons. The Morgan fingerprint density at radius 2 is 1.68 bits per heavy atom. The molecule has 13 nitrogen and oxygen atoms in total. The van der Waals surface area contributed by atoms with Crippen LogP contribution in [0.5, 0.6) is 5.75 Å². The molecule has 10 rings (SSSR count). The van der Waals surface area contributed by atoms with Gasteiger partial charge in [0.1, 0.15) is 6.04 Å². The molecule has 3 aliphatic carbocycles. The van der Waals surface area contributed by atoms with Crippen molar-refractivity contribution in [3.63, 3.8) is 0 Å². The molecule has 5 aromatic rings. The van der Waals surface area contributed by atoms with Crippen molar-refractivity contribution in [3.05, 3.63) is 87.7 Å². The smallest absolute Gasteiger partial charge is 0.329 e. The number of fused-ring (bicyclic) bond motifs is 5. The van der Waals surface area contributed by atoms with Gasteiger partial charge in [0.25, 0.3) is 5.91 Å². The van der Waals surface area contributed by atoms with E-state index < -0.39 is 46.6 Å². The van der Waals surface area contributed by atoms with Gasteiger partial charge in [-0.05, 0) is 112 Å². The first-order chi connectivity index (χ1) is 28.3. The maximum atomic E-state index is 14.3.